The Morgan fingerprint density at radius 2 is 2.32 bits per heavy atom. The van der Waals surface area contributed by atoms with Crippen LogP contribution in [-0.2, 0) is 0 Å². The molecule has 0 N–H and O–H groups in total. The molecule has 0 fully saturated rings. The van der Waals surface area contributed by atoms with Gasteiger partial charge in [-0.15, -0.1) is 0 Å². The first-order chi connectivity index (χ1) is 8.96. The lowest BCUT2D eigenvalue weighted by molar-refractivity contribution is 0.103. The largest absolute Gasteiger partial charge is 0.464 e. The topological polar surface area (TPSA) is 58.8 Å². The molecule has 1 aliphatic carbocycles. The van der Waals surface area contributed by atoms with Crippen LogP contribution in [0.25, 0.3) is 0 Å². The first-order valence-corrected chi connectivity index (χ1v) is 6.76. The summed E-state index contributed by atoms with van der Waals surface area (Å²) in [4.78, 5) is 7.87. The SMILES string of the molecule is CC1=CC=CC(C)(Oc2nc(Cl)ncc2Br)C1C#N. The third-order valence-corrected chi connectivity index (χ3v) is 3.67. The molecule has 0 saturated heterocycles. The molecule has 0 bridgehead atoms. The second-order valence-corrected chi connectivity index (χ2v) is 5.60. The van der Waals surface area contributed by atoms with Crippen molar-refractivity contribution in [1.82, 2.24) is 9.97 Å². The molecule has 0 aromatic carbocycles. The lowest BCUT2D eigenvalue weighted by Crippen LogP contribution is -2.40. The van der Waals surface area contributed by atoms with Crippen LogP contribution in [0.1, 0.15) is 13.8 Å². The summed E-state index contributed by atoms with van der Waals surface area (Å²) in [6.07, 6.45) is 7.14. The zero-order valence-corrected chi connectivity index (χ0v) is 12.7. The molecule has 0 spiro atoms. The average Bonchev–Trinajstić information content (AvgIpc) is 2.34. The van der Waals surface area contributed by atoms with Gasteiger partial charge in [-0.2, -0.15) is 10.2 Å². The minimum absolute atomic E-state index is 0.0994. The number of halogens is 2. The third-order valence-electron chi connectivity index (χ3n) is 2.94. The summed E-state index contributed by atoms with van der Waals surface area (Å²) in [5, 5.41) is 9.42. The van der Waals surface area contributed by atoms with E-state index in [1.54, 1.807) is 0 Å². The molecule has 6 heteroatoms. The number of nitriles is 1. The van der Waals surface area contributed by atoms with Gasteiger partial charge in [-0.3, -0.25) is 0 Å². The van der Waals surface area contributed by atoms with Gasteiger partial charge in [0, 0.05) is 6.20 Å². The Kier molecular flexibility index (Phi) is 3.93. The summed E-state index contributed by atoms with van der Waals surface area (Å²) < 4.78 is 6.49. The van der Waals surface area contributed by atoms with Crippen LogP contribution in [-0.4, -0.2) is 15.6 Å². The fourth-order valence-corrected chi connectivity index (χ4v) is 2.37. The van der Waals surface area contributed by atoms with Gasteiger partial charge in [0.25, 0.3) is 0 Å². The number of hydrogen-bond donors (Lipinski definition) is 0. The predicted molar refractivity (Wildman–Crippen MR) is 75.8 cm³/mol. The van der Waals surface area contributed by atoms with E-state index in [-0.39, 0.29) is 11.2 Å². The van der Waals surface area contributed by atoms with E-state index in [0.717, 1.165) is 5.57 Å². The van der Waals surface area contributed by atoms with Gasteiger partial charge in [0.2, 0.25) is 11.2 Å². The minimum Gasteiger partial charge on any atom is -0.464 e. The van der Waals surface area contributed by atoms with Crippen molar-refractivity contribution in [3.05, 3.63) is 39.8 Å². The number of hydrogen-bond acceptors (Lipinski definition) is 4. The van der Waals surface area contributed by atoms with Gasteiger partial charge in [0.1, 0.15) is 11.5 Å². The van der Waals surface area contributed by atoms with Gasteiger partial charge in [-0.05, 0) is 47.5 Å². The van der Waals surface area contributed by atoms with Gasteiger partial charge >= 0.3 is 0 Å². The molecule has 0 amide bonds. The number of aromatic nitrogens is 2. The van der Waals surface area contributed by atoms with Gasteiger partial charge in [-0.1, -0.05) is 17.7 Å². The van der Waals surface area contributed by atoms with E-state index in [1.807, 2.05) is 32.1 Å². The standard InChI is InChI=1S/C13H11BrClN3O/c1-8-4-3-5-13(2,9(8)6-16)19-11-10(14)7-17-12(15)18-11/h3-5,7,9H,1-2H3. The van der Waals surface area contributed by atoms with E-state index in [0.29, 0.717) is 10.4 Å². The van der Waals surface area contributed by atoms with Crippen molar-refractivity contribution in [2.45, 2.75) is 19.4 Å². The van der Waals surface area contributed by atoms with Crippen molar-refractivity contribution < 1.29 is 4.74 Å². The maximum Gasteiger partial charge on any atom is 0.233 e. The van der Waals surface area contributed by atoms with Gasteiger partial charge in [0.15, 0.2) is 0 Å². The monoisotopic (exact) mass is 339 g/mol. The van der Waals surface area contributed by atoms with Gasteiger partial charge in [-0.25, -0.2) is 4.98 Å². The van der Waals surface area contributed by atoms with Crippen molar-refractivity contribution in [3.8, 4) is 11.9 Å². The van der Waals surface area contributed by atoms with Crippen molar-refractivity contribution >= 4 is 27.5 Å². The number of nitrogens with zero attached hydrogens (tertiary/aromatic N) is 3. The molecule has 2 unspecified atom stereocenters. The maximum absolute atomic E-state index is 9.32. The maximum atomic E-state index is 9.32. The first kappa shape index (κ1) is 14.0. The average molecular weight is 341 g/mol. The zero-order chi connectivity index (χ0) is 14.0. The molecule has 1 aromatic heterocycles. The highest BCUT2D eigenvalue weighted by atomic mass is 79.9. The van der Waals surface area contributed by atoms with Crippen molar-refractivity contribution in [1.29, 1.82) is 5.26 Å². The Labute approximate surface area is 124 Å². The fraction of sp³-hybridized carbons (Fsp3) is 0.308. The molecule has 0 aliphatic heterocycles. The van der Waals surface area contributed by atoms with E-state index in [2.05, 4.69) is 32.0 Å². The van der Waals surface area contributed by atoms with Gasteiger partial charge in [0.05, 0.1) is 10.5 Å². The molecule has 98 valence electrons. The molecule has 19 heavy (non-hydrogen) atoms. The summed E-state index contributed by atoms with van der Waals surface area (Å²) in [6, 6.07) is 2.26. The fourth-order valence-electron chi connectivity index (χ4n) is 1.97. The van der Waals surface area contributed by atoms with E-state index in [9.17, 15) is 5.26 Å². The molecular formula is C13H11BrClN3O. The van der Waals surface area contributed by atoms with Gasteiger partial charge < -0.3 is 4.74 Å². The van der Waals surface area contributed by atoms with Crippen LogP contribution in [0.3, 0.4) is 0 Å². The summed E-state index contributed by atoms with van der Waals surface area (Å²) in [5.74, 6) is -0.0553. The lowest BCUT2D eigenvalue weighted by Gasteiger charge is -2.33. The molecule has 1 heterocycles. The van der Waals surface area contributed by atoms with Crippen LogP contribution >= 0.6 is 27.5 Å². The highest BCUT2D eigenvalue weighted by Gasteiger charge is 2.38. The van der Waals surface area contributed by atoms with Crippen LogP contribution < -0.4 is 4.74 Å². The van der Waals surface area contributed by atoms with E-state index >= 15 is 0 Å². The lowest BCUT2D eigenvalue weighted by atomic mass is 9.81. The molecule has 1 aliphatic rings. The molecule has 0 saturated carbocycles. The van der Waals surface area contributed by atoms with Crippen molar-refractivity contribution in [2.75, 3.05) is 0 Å². The van der Waals surface area contributed by atoms with E-state index in [1.165, 1.54) is 6.20 Å². The van der Waals surface area contributed by atoms with Crippen LogP contribution in [0, 0.1) is 17.2 Å². The normalized spacial score (nSPS) is 25.6. The highest BCUT2D eigenvalue weighted by Crippen LogP contribution is 2.35. The molecular weight excluding hydrogens is 330 g/mol. The summed E-state index contributed by atoms with van der Waals surface area (Å²) >= 11 is 9.07. The van der Waals surface area contributed by atoms with E-state index in [4.69, 9.17) is 16.3 Å². The Morgan fingerprint density at radius 3 is 3.00 bits per heavy atom. The Hall–Kier alpha value is -1.38. The second-order valence-electron chi connectivity index (χ2n) is 4.41. The number of allylic oxidation sites excluding steroid dienone is 2. The Morgan fingerprint density at radius 1 is 1.58 bits per heavy atom. The smallest absolute Gasteiger partial charge is 0.233 e. The molecule has 1 aromatic rings. The van der Waals surface area contributed by atoms with E-state index < -0.39 is 5.60 Å². The summed E-state index contributed by atoms with van der Waals surface area (Å²) in [6.45, 7) is 3.75. The molecule has 0 radical (unpaired) electrons. The Bertz CT molecular complexity index is 608. The van der Waals surface area contributed by atoms with Crippen LogP contribution in [0.5, 0.6) is 5.88 Å². The van der Waals surface area contributed by atoms with Crippen LogP contribution in [0.2, 0.25) is 5.28 Å². The second kappa shape index (κ2) is 5.32. The number of ether oxygens (including phenoxy) is 1. The van der Waals surface area contributed by atoms with Crippen molar-refractivity contribution in [3.63, 3.8) is 0 Å². The molecule has 2 rings (SSSR count). The van der Waals surface area contributed by atoms with Crippen molar-refractivity contribution in [2.24, 2.45) is 5.92 Å². The third kappa shape index (κ3) is 2.80. The van der Waals surface area contributed by atoms with Crippen LogP contribution in [0.4, 0.5) is 0 Å². The summed E-state index contributed by atoms with van der Waals surface area (Å²) in [7, 11) is 0. The quantitative estimate of drug-likeness (QED) is 0.770. The predicted octanol–water partition coefficient (Wildman–Crippen LogP) is 3.69. The first-order valence-electron chi connectivity index (χ1n) is 5.59. The Balaban J connectivity index is 2.36. The highest BCUT2D eigenvalue weighted by molar-refractivity contribution is 9.10. The number of rotatable bonds is 2. The minimum atomic E-state index is -0.784. The molecule has 2 atom stereocenters. The summed E-state index contributed by atoms with van der Waals surface area (Å²) in [5.41, 5.74) is 0.164. The molecule has 4 nitrogen and oxygen atoms in total. The zero-order valence-electron chi connectivity index (χ0n) is 10.4. The van der Waals surface area contributed by atoms with Crippen LogP contribution in [0.15, 0.2) is 34.5 Å².